The average molecular weight is 308 g/mol. The molecule has 0 aliphatic heterocycles. The number of amides is 1. The molecule has 0 aliphatic rings. The maximum Gasteiger partial charge on any atom is 0.224 e. The smallest absolute Gasteiger partial charge is 0.224 e. The Balaban J connectivity index is 1.91. The third kappa shape index (κ3) is 4.46. The normalized spacial score (nSPS) is 10.2. The monoisotopic (exact) mass is 307 g/mol. The largest absolute Gasteiger partial charge is 0.494 e. The van der Waals surface area contributed by atoms with Crippen molar-refractivity contribution >= 4 is 17.5 Å². The van der Waals surface area contributed by atoms with Crippen molar-refractivity contribution in [3.05, 3.63) is 64.4 Å². The summed E-state index contributed by atoms with van der Waals surface area (Å²) in [4.78, 5) is 11.8. The molecule has 0 aromatic heterocycles. The van der Waals surface area contributed by atoms with Crippen LogP contribution in [0.5, 0.6) is 5.75 Å². The minimum absolute atomic E-state index is 0.113. The molecule has 1 N–H and O–H groups in total. The standard InChI is InChI=1S/C16H15ClFNO2/c1-21-15-6-5-11(8-14(15)18)9-16(20)19-10-12-3-2-4-13(17)7-12/h2-8H,9-10H2,1H3,(H,19,20). The van der Waals surface area contributed by atoms with Crippen LogP contribution in [0.15, 0.2) is 42.5 Å². The van der Waals surface area contributed by atoms with Crippen LogP contribution in [0.1, 0.15) is 11.1 Å². The molecule has 0 bridgehead atoms. The van der Waals surface area contributed by atoms with Gasteiger partial charge in [-0.3, -0.25) is 4.79 Å². The molecule has 0 aliphatic carbocycles. The van der Waals surface area contributed by atoms with E-state index in [4.69, 9.17) is 16.3 Å². The van der Waals surface area contributed by atoms with E-state index in [0.717, 1.165) is 5.56 Å². The quantitative estimate of drug-likeness (QED) is 0.920. The number of methoxy groups -OCH3 is 1. The number of carbonyl (C=O) groups excluding carboxylic acids is 1. The summed E-state index contributed by atoms with van der Waals surface area (Å²) >= 11 is 5.87. The van der Waals surface area contributed by atoms with E-state index >= 15 is 0 Å². The highest BCUT2D eigenvalue weighted by molar-refractivity contribution is 6.30. The van der Waals surface area contributed by atoms with E-state index in [1.165, 1.54) is 19.2 Å². The zero-order valence-corrected chi connectivity index (χ0v) is 12.3. The summed E-state index contributed by atoms with van der Waals surface area (Å²) in [5.74, 6) is -0.490. The SMILES string of the molecule is COc1ccc(CC(=O)NCc2cccc(Cl)c2)cc1F. The fourth-order valence-electron chi connectivity index (χ4n) is 1.92. The molecule has 1 amide bonds. The lowest BCUT2D eigenvalue weighted by atomic mass is 10.1. The van der Waals surface area contributed by atoms with Crippen molar-refractivity contribution in [3.8, 4) is 5.75 Å². The van der Waals surface area contributed by atoms with Gasteiger partial charge in [0.25, 0.3) is 0 Å². The van der Waals surface area contributed by atoms with E-state index in [1.54, 1.807) is 18.2 Å². The molecule has 0 atom stereocenters. The molecule has 0 fully saturated rings. The van der Waals surface area contributed by atoms with E-state index < -0.39 is 5.82 Å². The Morgan fingerprint density at radius 2 is 2.05 bits per heavy atom. The van der Waals surface area contributed by atoms with Gasteiger partial charge in [-0.15, -0.1) is 0 Å². The first kappa shape index (κ1) is 15.3. The van der Waals surface area contributed by atoms with E-state index in [9.17, 15) is 9.18 Å². The lowest BCUT2D eigenvalue weighted by Gasteiger charge is -2.07. The maximum atomic E-state index is 13.5. The molecule has 2 aromatic carbocycles. The van der Waals surface area contributed by atoms with Crippen molar-refractivity contribution in [2.45, 2.75) is 13.0 Å². The summed E-state index contributed by atoms with van der Waals surface area (Å²) in [5.41, 5.74) is 1.51. The minimum Gasteiger partial charge on any atom is -0.494 e. The van der Waals surface area contributed by atoms with Crippen molar-refractivity contribution in [3.63, 3.8) is 0 Å². The van der Waals surface area contributed by atoms with E-state index in [0.29, 0.717) is 17.1 Å². The highest BCUT2D eigenvalue weighted by Crippen LogP contribution is 2.18. The van der Waals surface area contributed by atoms with Gasteiger partial charge in [-0.2, -0.15) is 0 Å². The average Bonchev–Trinajstić information content (AvgIpc) is 2.45. The molecule has 2 aromatic rings. The molecular formula is C16H15ClFNO2. The summed E-state index contributed by atoms with van der Waals surface area (Å²) in [6, 6.07) is 11.7. The Labute approximate surface area is 127 Å². The third-order valence-electron chi connectivity index (χ3n) is 2.96. The summed E-state index contributed by atoms with van der Waals surface area (Å²) in [5, 5.41) is 3.40. The highest BCUT2D eigenvalue weighted by atomic mass is 35.5. The first-order chi connectivity index (χ1) is 10.1. The predicted octanol–water partition coefficient (Wildman–Crippen LogP) is 3.35. The molecule has 0 heterocycles. The van der Waals surface area contributed by atoms with Crippen molar-refractivity contribution < 1.29 is 13.9 Å². The van der Waals surface area contributed by atoms with Crippen molar-refractivity contribution in [2.75, 3.05) is 7.11 Å². The number of carbonyl (C=O) groups is 1. The van der Waals surface area contributed by atoms with Gasteiger partial charge >= 0.3 is 0 Å². The van der Waals surface area contributed by atoms with Gasteiger partial charge in [0.15, 0.2) is 11.6 Å². The van der Waals surface area contributed by atoms with Gasteiger partial charge in [0.1, 0.15) is 0 Å². The van der Waals surface area contributed by atoms with Crippen LogP contribution in [0.4, 0.5) is 4.39 Å². The van der Waals surface area contributed by atoms with Crippen LogP contribution in [0.25, 0.3) is 0 Å². The molecule has 0 spiro atoms. The Morgan fingerprint density at radius 3 is 2.71 bits per heavy atom. The minimum atomic E-state index is -0.474. The van der Waals surface area contributed by atoms with Gasteiger partial charge in [0.05, 0.1) is 13.5 Å². The van der Waals surface area contributed by atoms with Crippen molar-refractivity contribution in [1.29, 1.82) is 0 Å². The van der Waals surface area contributed by atoms with Crippen LogP contribution >= 0.6 is 11.6 Å². The van der Waals surface area contributed by atoms with Gasteiger partial charge in [0, 0.05) is 11.6 Å². The second kappa shape index (κ2) is 7.09. The Hall–Kier alpha value is -2.07. The molecule has 0 unspecified atom stereocenters. The topological polar surface area (TPSA) is 38.3 Å². The molecular weight excluding hydrogens is 293 g/mol. The molecule has 5 heteroatoms. The molecule has 0 saturated heterocycles. The number of ether oxygens (including phenoxy) is 1. The molecule has 0 radical (unpaired) electrons. The fraction of sp³-hybridized carbons (Fsp3) is 0.188. The number of nitrogens with one attached hydrogen (secondary N) is 1. The van der Waals surface area contributed by atoms with Crippen LogP contribution in [-0.4, -0.2) is 13.0 Å². The third-order valence-corrected chi connectivity index (χ3v) is 3.19. The summed E-state index contributed by atoms with van der Waals surface area (Å²) in [7, 11) is 1.40. The Morgan fingerprint density at radius 1 is 1.24 bits per heavy atom. The van der Waals surface area contributed by atoms with Gasteiger partial charge in [-0.05, 0) is 35.4 Å². The lowest BCUT2D eigenvalue weighted by molar-refractivity contribution is -0.120. The van der Waals surface area contributed by atoms with E-state index in [2.05, 4.69) is 5.32 Å². The van der Waals surface area contributed by atoms with Crippen LogP contribution < -0.4 is 10.1 Å². The predicted molar refractivity (Wildman–Crippen MR) is 80.0 cm³/mol. The number of rotatable bonds is 5. The van der Waals surface area contributed by atoms with E-state index in [1.807, 2.05) is 12.1 Å². The molecule has 21 heavy (non-hydrogen) atoms. The van der Waals surface area contributed by atoms with Gasteiger partial charge in [-0.25, -0.2) is 4.39 Å². The fourth-order valence-corrected chi connectivity index (χ4v) is 2.13. The molecule has 3 nitrogen and oxygen atoms in total. The van der Waals surface area contributed by atoms with Crippen LogP contribution in [0.3, 0.4) is 0 Å². The van der Waals surface area contributed by atoms with Crippen molar-refractivity contribution in [2.24, 2.45) is 0 Å². The second-order valence-electron chi connectivity index (χ2n) is 4.55. The molecule has 0 saturated carbocycles. The summed E-state index contributed by atoms with van der Waals surface area (Å²) in [6.07, 6.45) is 0.113. The summed E-state index contributed by atoms with van der Waals surface area (Å²) < 4.78 is 18.4. The Bertz CT molecular complexity index is 646. The Kier molecular flexibility index (Phi) is 5.17. The number of halogens is 2. The van der Waals surface area contributed by atoms with Crippen molar-refractivity contribution in [1.82, 2.24) is 5.32 Å². The number of benzene rings is 2. The van der Waals surface area contributed by atoms with Gasteiger partial charge in [-0.1, -0.05) is 29.8 Å². The first-order valence-corrected chi connectivity index (χ1v) is 6.80. The number of hydrogen-bond acceptors (Lipinski definition) is 2. The maximum absolute atomic E-state index is 13.5. The van der Waals surface area contributed by atoms with Crippen LogP contribution in [-0.2, 0) is 17.8 Å². The first-order valence-electron chi connectivity index (χ1n) is 6.42. The molecule has 2 rings (SSSR count). The summed E-state index contributed by atoms with van der Waals surface area (Å²) in [6.45, 7) is 0.387. The van der Waals surface area contributed by atoms with Crippen LogP contribution in [0.2, 0.25) is 5.02 Å². The zero-order valence-electron chi connectivity index (χ0n) is 11.5. The zero-order chi connectivity index (χ0) is 15.2. The van der Waals surface area contributed by atoms with Crippen LogP contribution in [0, 0.1) is 5.82 Å². The number of hydrogen-bond donors (Lipinski definition) is 1. The second-order valence-corrected chi connectivity index (χ2v) is 4.99. The van der Waals surface area contributed by atoms with Gasteiger partial charge in [0.2, 0.25) is 5.91 Å². The molecule has 110 valence electrons. The highest BCUT2D eigenvalue weighted by Gasteiger charge is 2.07. The van der Waals surface area contributed by atoms with E-state index in [-0.39, 0.29) is 18.1 Å². The lowest BCUT2D eigenvalue weighted by Crippen LogP contribution is -2.24. The van der Waals surface area contributed by atoms with Gasteiger partial charge < -0.3 is 10.1 Å².